The fourth-order valence-corrected chi connectivity index (χ4v) is 2.84. The lowest BCUT2D eigenvalue weighted by Crippen LogP contribution is -2.35. The van der Waals surface area contributed by atoms with E-state index in [2.05, 4.69) is 20.8 Å². The van der Waals surface area contributed by atoms with Crippen LogP contribution in [0.4, 0.5) is 0 Å². The summed E-state index contributed by atoms with van der Waals surface area (Å²) < 4.78 is 1.02. The van der Waals surface area contributed by atoms with Gasteiger partial charge in [-0.05, 0) is 62.1 Å². The van der Waals surface area contributed by atoms with Crippen LogP contribution in [0.15, 0.2) is 22.7 Å². The van der Waals surface area contributed by atoms with Gasteiger partial charge in [0.05, 0.1) is 0 Å². The molecule has 1 aromatic rings. The van der Waals surface area contributed by atoms with E-state index in [1.54, 1.807) is 0 Å². The van der Waals surface area contributed by atoms with Gasteiger partial charge in [-0.2, -0.15) is 0 Å². The molecule has 0 aromatic heterocycles. The number of carbonyl (C=O) groups is 1. The van der Waals surface area contributed by atoms with Crippen molar-refractivity contribution >= 4 is 21.8 Å². The Labute approximate surface area is 123 Å². The Morgan fingerprint density at radius 1 is 1.21 bits per heavy atom. The molecule has 0 aliphatic heterocycles. The summed E-state index contributed by atoms with van der Waals surface area (Å²) in [5.74, 6) is 1.74. The summed E-state index contributed by atoms with van der Waals surface area (Å²) in [6.07, 6.45) is 5.19. The minimum Gasteiger partial charge on any atom is -0.338 e. The number of amides is 1. The topological polar surface area (TPSA) is 20.3 Å². The van der Waals surface area contributed by atoms with Gasteiger partial charge in [-0.3, -0.25) is 4.79 Å². The van der Waals surface area contributed by atoms with E-state index in [0.717, 1.165) is 40.5 Å². The van der Waals surface area contributed by atoms with Crippen molar-refractivity contribution < 1.29 is 4.79 Å². The van der Waals surface area contributed by atoms with Crippen LogP contribution < -0.4 is 0 Å². The van der Waals surface area contributed by atoms with Crippen LogP contribution in [-0.2, 0) is 0 Å². The predicted molar refractivity (Wildman–Crippen MR) is 80.2 cm³/mol. The summed E-state index contributed by atoms with van der Waals surface area (Å²) in [6, 6.07) is 5.91. The standard InChI is InChI=1S/C16H20BrNO/c1-11-14(3-2-4-15(11)17)16(19)18(9-12-5-6-12)10-13-7-8-13/h2-4,12-13H,5-10H2,1H3. The molecule has 0 heterocycles. The molecule has 0 saturated heterocycles. The summed E-state index contributed by atoms with van der Waals surface area (Å²) in [5.41, 5.74) is 1.92. The molecule has 19 heavy (non-hydrogen) atoms. The Hall–Kier alpha value is -0.830. The maximum atomic E-state index is 12.7. The highest BCUT2D eigenvalue weighted by molar-refractivity contribution is 9.10. The highest BCUT2D eigenvalue weighted by atomic mass is 79.9. The SMILES string of the molecule is Cc1c(Br)cccc1C(=O)N(CC1CC1)CC1CC1. The maximum Gasteiger partial charge on any atom is 0.254 e. The Balaban J connectivity index is 1.79. The number of rotatable bonds is 5. The van der Waals surface area contributed by atoms with Gasteiger partial charge in [0, 0.05) is 23.1 Å². The van der Waals surface area contributed by atoms with Crippen LogP contribution in [0.25, 0.3) is 0 Å². The number of nitrogens with zero attached hydrogens (tertiary/aromatic N) is 1. The average Bonchev–Trinajstić information content (AvgIpc) is 3.26. The van der Waals surface area contributed by atoms with Crippen molar-refractivity contribution in [1.82, 2.24) is 4.90 Å². The minimum atomic E-state index is 0.220. The molecule has 3 rings (SSSR count). The molecular weight excluding hydrogens is 302 g/mol. The Morgan fingerprint density at radius 3 is 2.32 bits per heavy atom. The zero-order chi connectivity index (χ0) is 13.4. The van der Waals surface area contributed by atoms with Crippen molar-refractivity contribution in [2.75, 3.05) is 13.1 Å². The normalized spacial score (nSPS) is 18.4. The van der Waals surface area contributed by atoms with E-state index in [9.17, 15) is 4.79 Å². The molecule has 2 aliphatic carbocycles. The second kappa shape index (κ2) is 5.28. The third-order valence-electron chi connectivity index (χ3n) is 4.14. The van der Waals surface area contributed by atoms with Crippen molar-refractivity contribution in [2.45, 2.75) is 32.6 Å². The van der Waals surface area contributed by atoms with Crippen molar-refractivity contribution in [2.24, 2.45) is 11.8 Å². The van der Waals surface area contributed by atoms with E-state index < -0.39 is 0 Å². The first-order chi connectivity index (χ1) is 9.15. The van der Waals surface area contributed by atoms with E-state index in [1.165, 1.54) is 25.7 Å². The van der Waals surface area contributed by atoms with Gasteiger partial charge in [0.2, 0.25) is 0 Å². The van der Waals surface area contributed by atoms with Crippen molar-refractivity contribution in [3.8, 4) is 0 Å². The molecule has 1 amide bonds. The van der Waals surface area contributed by atoms with Gasteiger partial charge in [0.15, 0.2) is 0 Å². The quantitative estimate of drug-likeness (QED) is 0.802. The van der Waals surface area contributed by atoms with Crippen LogP contribution in [-0.4, -0.2) is 23.9 Å². The van der Waals surface area contributed by atoms with Crippen LogP contribution in [0.2, 0.25) is 0 Å². The lowest BCUT2D eigenvalue weighted by molar-refractivity contribution is 0.0739. The Kier molecular flexibility index (Phi) is 3.66. The molecule has 2 nitrogen and oxygen atoms in total. The zero-order valence-corrected chi connectivity index (χ0v) is 12.9. The van der Waals surface area contributed by atoms with Crippen molar-refractivity contribution in [3.63, 3.8) is 0 Å². The van der Waals surface area contributed by atoms with Gasteiger partial charge >= 0.3 is 0 Å². The Morgan fingerprint density at radius 2 is 1.79 bits per heavy atom. The van der Waals surface area contributed by atoms with E-state index in [0.29, 0.717) is 0 Å². The van der Waals surface area contributed by atoms with Gasteiger partial charge in [-0.15, -0.1) is 0 Å². The minimum absolute atomic E-state index is 0.220. The number of hydrogen-bond donors (Lipinski definition) is 0. The van der Waals surface area contributed by atoms with E-state index in [4.69, 9.17) is 0 Å². The molecule has 2 saturated carbocycles. The van der Waals surface area contributed by atoms with Gasteiger partial charge in [0.1, 0.15) is 0 Å². The van der Waals surface area contributed by atoms with Crippen molar-refractivity contribution in [1.29, 1.82) is 0 Å². The zero-order valence-electron chi connectivity index (χ0n) is 11.4. The summed E-state index contributed by atoms with van der Waals surface area (Å²) in [7, 11) is 0. The monoisotopic (exact) mass is 321 g/mol. The second-order valence-corrected chi connectivity index (χ2v) is 6.86. The molecule has 0 unspecified atom stereocenters. The van der Waals surface area contributed by atoms with Gasteiger partial charge in [0.25, 0.3) is 5.91 Å². The maximum absolute atomic E-state index is 12.7. The lowest BCUT2D eigenvalue weighted by Gasteiger charge is -2.23. The van der Waals surface area contributed by atoms with Crippen LogP contribution in [0.1, 0.15) is 41.6 Å². The summed E-state index contributed by atoms with van der Waals surface area (Å²) in [4.78, 5) is 14.9. The lowest BCUT2D eigenvalue weighted by atomic mass is 10.1. The molecule has 1 aromatic carbocycles. The molecule has 0 atom stereocenters. The first-order valence-corrected chi connectivity index (χ1v) is 7.99. The van der Waals surface area contributed by atoms with Gasteiger partial charge < -0.3 is 4.90 Å². The molecule has 102 valence electrons. The van der Waals surface area contributed by atoms with E-state index in [1.807, 2.05) is 25.1 Å². The number of halogens is 1. The third-order valence-corrected chi connectivity index (χ3v) is 5.00. The molecule has 3 heteroatoms. The third kappa shape index (κ3) is 3.19. The first-order valence-electron chi connectivity index (χ1n) is 7.19. The molecule has 0 spiro atoms. The second-order valence-electron chi connectivity index (χ2n) is 6.01. The molecule has 0 N–H and O–H groups in total. The fraction of sp³-hybridized carbons (Fsp3) is 0.562. The van der Waals surface area contributed by atoms with Gasteiger partial charge in [-0.25, -0.2) is 0 Å². The fourth-order valence-electron chi connectivity index (χ4n) is 2.47. The van der Waals surface area contributed by atoms with Gasteiger partial charge in [-0.1, -0.05) is 22.0 Å². The first kappa shape index (κ1) is 13.2. The average molecular weight is 322 g/mol. The number of hydrogen-bond acceptors (Lipinski definition) is 1. The van der Waals surface area contributed by atoms with Crippen LogP contribution in [0.3, 0.4) is 0 Å². The van der Waals surface area contributed by atoms with Crippen LogP contribution >= 0.6 is 15.9 Å². The number of carbonyl (C=O) groups excluding carboxylic acids is 1. The van der Waals surface area contributed by atoms with Crippen molar-refractivity contribution in [3.05, 3.63) is 33.8 Å². The highest BCUT2D eigenvalue weighted by Crippen LogP contribution is 2.34. The molecule has 2 fully saturated rings. The highest BCUT2D eigenvalue weighted by Gasteiger charge is 2.32. The summed E-state index contributed by atoms with van der Waals surface area (Å²) in [6.45, 7) is 3.94. The van der Waals surface area contributed by atoms with E-state index >= 15 is 0 Å². The summed E-state index contributed by atoms with van der Waals surface area (Å²) in [5, 5.41) is 0. The summed E-state index contributed by atoms with van der Waals surface area (Å²) >= 11 is 3.52. The molecule has 2 aliphatic rings. The molecule has 0 radical (unpaired) electrons. The van der Waals surface area contributed by atoms with E-state index in [-0.39, 0.29) is 5.91 Å². The Bertz CT molecular complexity index is 478. The van der Waals surface area contributed by atoms with Crippen LogP contribution in [0.5, 0.6) is 0 Å². The smallest absolute Gasteiger partial charge is 0.254 e. The molecule has 0 bridgehead atoms. The molecular formula is C16H20BrNO. The largest absolute Gasteiger partial charge is 0.338 e. The number of benzene rings is 1. The van der Waals surface area contributed by atoms with Crippen LogP contribution in [0, 0.1) is 18.8 Å². The predicted octanol–water partition coefficient (Wildman–Crippen LogP) is 4.02.